The van der Waals surface area contributed by atoms with Crippen molar-refractivity contribution < 1.29 is 32.4 Å². The fourth-order valence-corrected chi connectivity index (χ4v) is 4.90. The predicted molar refractivity (Wildman–Crippen MR) is 152 cm³/mol. The van der Waals surface area contributed by atoms with Gasteiger partial charge in [-0.15, -0.1) is 0 Å². The van der Waals surface area contributed by atoms with Crippen molar-refractivity contribution in [1.82, 2.24) is 9.71 Å². The minimum Gasteiger partial charge on any atom is -0.489 e. The lowest BCUT2D eigenvalue weighted by molar-refractivity contribution is -0.136. The van der Waals surface area contributed by atoms with Gasteiger partial charge < -0.3 is 19.0 Å². The van der Waals surface area contributed by atoms with Crippen LogP contribution in [0.4, 0.5) is 4.39 Å². The minimum atomic E-state index is -1.39. The summed E-state index contributed by atoms with van der Waals surface area (Å²) >= 11 is 0. The highest BCUT2D eigenvalue weighted by Crippen LogP contribution is 2.35. The molecule has 212 valence electrons. The third kappa shape index (κ3) is 6.93. The van der Waals surface area contributed by atoms with E-state index in [1.54, 1.807) is 31.4 Å². The van der Waals surface area contributed by atoms with Crippen LogP contribution in [0.3, 0.4) is 0 Å². The van der Waals surface area contributed by atoms with E-state index in [0.29, 0.717) is 28.2 Å². The molecule has 0 aliphatic rings. The Bertz CT molecular complexity index is 1560. The number of fused-ring (bicyclic) bond motifs is 1. The maximum Gasteiger partial charge on any atom is 0.307 e. The lowest BCUT2D eigenvalue weighted by Gasteiger charge is -2.18. The maximum absolute atomic E-state index is 15.8. The fraction of sp³-hybridized carbons (Fsp3) is 0.333. The van der Waals surface area contributed by atoms with E-state index in [0.717, 1.165) is 16.5 Å². The van der Waals surface area contributed by atoms with Crippen LogP contribution in [0.2, 0.25) is 0 Å². The summed E-state index contributed by atoms with van der Waals surface area (Å²) in [4.78, 5) is 15.5. The summed E-state index contributed by atoms with van der Waals surface area (Å²) < 4.78 is 48.0. The Hall–Kier alpha value is -3.60. The zero-order valence-corrected chi connectivity index (χ0v) is 24.0. The van der Waals surface area contributed by atoms with Crippen molar-refractivity contribution in [1.29, 1.82) is 0 Å². The van der Waals surface area contributed by atoms with Crippen molar-refractivity contribution in [2.45, 2.75) is 58.6 Å². The SMILES string of the molecule is COCc1cc2cc(COc3cc(C)ccc3CC(=O)O)cc(-c3ccnc(CNS(=O)C(C)(C)C)c3F)c2o1. The molecule has 2 heterocycles. The predicted octanol–water partition coefficient (Wildman–Crippen LogP) is 5.85. The number of aromatic nitrogens is 1. The molecule has 4 aromatic rings. The van der Waals surface area contributed by atoms with Gasteiger partial charge in [0.1, 0.15) is 30.3 Å². The molecule has 8 nitrogen and oxygen atoms in total. The van der Waals surface area contributed by atoms with Crippen LogP contribution in [0.15, 0.2) is 53.1 Å². The van der Waals surface area contributed by atoms with Crippen LogP contribution in [0.5, 0.6) is 5.75 Å². The number of nitrogens with zero attached hydrogens (tertiary/aromatic N) is 1. The first-order valence-electron chi connectivity index (χ1n) is 12.7. The molecular formula is C30H33FN2O6S. The van der Waals surface area contributed by atoms with Gasteiger partial charge in [-0.25, -0.2) is 13.3 Å². The largest absolute Gasteiger partial charge is 0.489 e. The molecule has 1 unspecified atom stereocenters. The molecule has 4 rings (SSSR count). The van der Waals surface area contributed by atoms with Crippen LogP contribution in [-0.4, -0.2) is 32.1 Å². The van der Waals surface area contributed by atoms with Gasteiger partial charge in [-0.1, -0.05) is 12.1 Å². The Labute approximate surface area is 235 Å². The van der Waals surface area contributed by atoms with E-state index in [1.807, 2.05) is 45.9 Å². The van der Waals surface area contributed by atoms with Crippen molar-refractivity contribution in [2.24, 2.45) is 0 Å². The Morgan fingerprint density at radius 1 is 1.12 bits per heavy atom. The first-order valence-corrected chi connectivity index (χ1v) is 13.9. The fourth-order valence-electron chi connectivity index (χ4n) is 4.20. The number of halogens is 1. The van der Waals surface area contributed by atoms with Crippen molar-refractivity contribution in [3.63, 3.8) is 0 Å². The number of hydrogen-bond donors (Lipinski definition) is 2. The van der Waals surface area contributed by atoms with E-state index in [9.17, 15) is 14.1 Å². The highest BCUT2D eigenvalue weighted by molar-refractivity contribution is 7.84. The molecule has 40 heavy (non-hydrogen) atoms. The summed E-state index contributed by atoms with van der Waals surface area (Å²) in [7, 11) is 0.170. The molecule has 0 bridgehead atoms. The van der Waals surface area contributed by atoms with Gasteiger partial charge in [0.25, 0.3) is 0 Å². The number of pyridine rings is 1. The summed E-state index contributed by atoms with van der Waals surface area (Å²) in [6.45, 7) is 7.75. The molecule has 2 N–H and O–H groups in total. The summed E-state index contributed by atoms with van der Waals surface area (Å²) in [5.74, 6) is -0.443. The van der Waals surface area contributed by atoms with Crippen LogP contribution in [0.1, 0.15) is 48.9 Å². The number of methoxy groups -OCH3 is 1. The number of rotatable bonds is 11. The van der Waals surface area contributed by atoms with Crippen molar-refractivity contribution in [3.05, 3.63) is 82.6 Å². The second kappa shape index (κ2) is 12.3. The summed E-state index contributed by atoms with van der Waals surface area (Å²) in [6, 6.07) is 12.5. The van der Waals surface area contributed by atoms with E-state index in [-0.39, 0.29) is 37.4 Å². The van der Waals surface area contributed by atoms with Gasteiger partial charge >= 0.3 is 5.97 Å². The van der Waals surface area contributed by atoms with Crippen LogP contribution in [-0.2, 0) is 46.7 Å². The maximum atomic E-state index is 15.8. The van der Waals surface area contributed by atoms with Crippen LogP contribution in [0.25, 0.3) is 22.1 Å². The number of aryl methyl sites for hydroxylation is 1. The van der Waals surface area contributed by atoms with Gasteiger partial charge in [-0.3, -0.25) is 9.78 Å². The number of hydrogen-bond acceptors (Lipinski definition) is 6. The molecule has 0 amide bonds. The minimum absolute atomic E-state index is 0.0116. The lowest BCUT2D eigenvalue weighted by atomic mass is 10.00. The van der Waals surface area contributed by atoms with Crippen molar-refractivity contribution in [2.75, 3.05) is 7.11 Å². The van der Waals surface area contributed by atoms with E-state index >= 15 is 4.39 Å². The Kier molecular flexibility index (Phi) is 9.02. The van der Waals surface area contributed by atoms with Crippen LogP contribution < -0.4 is 9.46 Å². The van der Waals surface area contributed by atoms with Crippen molar-refractivity contribution in [3.8, 4) is 16.9 Å². The second-order valence-corrected chi connectivity index (χ2v) is 12.6. The smallest absolute Gasteiger partial charge is 0.307 e. The van der Waals surface area contributed by atoms with Crippen molar-refractivity contribution >= 4 is 27.9 Å². The van der Waals surface area contributed by atoms with Gasteiger partial charge in [0, 0.05) is 35.4 Å². The quantitative estimate of drug-likeness (QED) is 0.234. The number of carboxylic acids is 1. The molecule has 0 radical (unpaired) electrons. The number of furan rings is 1. The van der Waals surface area contributed by atoms with Gasteiger partial charge in [0.05, 0.1) is 34.4 Å². The molecule has 0 spiro atoms. The van der Waals surface area contributed by atoms with E-state index < -0.39 is 27.5 Å². The topological polar surface area (TPSA) is 111 Å². The van der Waals surface area contributed by atoms with Crippen LogP contribution >= 0.6 is 0 Å². The third-order valence-electron chi connectivity index (χ3n) is 6.15. The number of nitrogens with one attached hydrogen (secondary N) is 1. The standard InChI is InChI=1S/C30H33FN2O6S/c1-18-6-7-20(14-27(34)35)26(10-18)38-16-19-11-21-13-22(17-37-5)39-29(21)24(12-19)23-8-9-32-25(28(23)31)15-33-40(36)30(2,3)4/h6-13,33H,14-17H2,1-5H3,(H,34,35). The molecule has 1 atom stereocenters. The number of ether oxygens (including phenoxy) is 2. The highest BCUT2D eigenvalue weighted by Gasteiger charge is 2.22. The molecular weight excluding hydrogens is 535 g/mol. The first-order chi connectivity index (χ1) is 19.0. The number of carbonyl (C=O) groups is 1. The first kappa shape index (κ1) is 29.4. The average Bonchev–Trinajstić information content (AvgIpc) is 3.29. The second-order valence-electron chi connectivity index (χ2n) is 10.5. The zero-order chi connectivity index (χ0) is 29.0. The summed E-state index contributed by atoms with van der Waals surface area (Å²) in [6.07, 6.45) is 1.34. The monoisotopic (exact) mass is 568 g/mol. The van der Waals surface area contributed by atoms with Gasteiger partial charge in [-0.05, 0) is 69.2 Å². The Morgan fingerprint density at radius 3 is 2.60 bits per heavy atom. The summed E-state index contributed by atoms with van der Waals surface area (Å²) in [5.41, 5.74) is 3.64. The van der Waals surface area contributed by atoms with E-state index in [4.69, 9.17) is 13.9 Å². The molecule has 0 aliphatic heterocycles. The Balaban J connectivity index is 1.72. The molecule has 2 aromatic carbocycles. The van der Waals surface area contributed by atoms with E-state index in [1.165, 1.54) is 6.20 Å². The molecule has 0 fully saturated rings. The Morgan fingerprint density at radius 2 is 1.90 bits per heavy atom. The zero-order valence-electron chi connectivity index (χ0n) is 23.2. The number of carboxylic acid groups (broad SMARTS) is 1. The molecule has 0 saturated heterocycles. The van der Waals surface area contributed by atoms with Crippen LogP contribution in [0, 0.1) is 12.7 Å². The van der Waals surface area contributed by atoms with Gasteiger partial charge in [0.15, 0.2) is 5.82 Å². The molecule has 10 heteroatoms. The van der Waals surface area contributed by atoms with E-state index in [2.05, 4.69) is 9.71 Å². The summed E-state index contributed by atoms with van der Waals surface area (Å²) in [5, 5.41) is 10.0. The molecule has 2 aromatic heterocycles. The lowest BCUT2D eigenvalue weighted by Crippen LogP contribution is -2.33. The van der Waals surface area contributed by atoms with Gasteiger partial charge in [0.2, 0.25) is 0 Å². The molecule has 0 aliphatic carbocycles. The average molecular weight is 569 g/mol. The normalized spacial score (nSPS) is 12.6. The highest BCUT2D eigenvalue weighted by atomic mass is 32.2. The third-order valence-corrected chi connectivity index (χ3v) is 7.67. The molecule has 0 saturated carbocycles. The number of aliphatic carboxylic acids is 1. The van der Waals surface area contributed by atoms with Gasteiger partial charge in [-0.2, -0.15) is 0 Å². The number of benzene rings is 2.